The molecule has 0 saturated heterocycles. The zero-order valence-corrected chi connectivity index (χ0v) is 15.9. The van der Waals surface area contributed by atoms with Crippen molar-refractivity contribution < 1.29 is 9.90 Å². The Morgan fingerprint density at radius 1 is 0.962 bits per heavy atom. The number of carbonyl (C=O) groups excluding carboxylic acids is 1. The van der Waals surface area contributed by atoms with E-state index in [1.807, 2.05) is 36.4 Å². The number of nitrogens with one attached hydrogen (secondary N) is 1. The molecule has 0 unspecified atom stereocenters. The van der Waals surface area contributed by atoms with Crippen LogP contribution in [0.2, 0.25) is 0 Å². The first-order chi connectivity index (χ1) is 12.6. The second-order valence-electron chi connectivity index (χ2n) is 7.39. The third kappa shape index (κ3) is 6.64. The van der Waals surface area contributed by atoms with Gasteiger partial charge in [0.25, 0.3) is 0 Å². The van der Waals surface area contributed by atoms with Gasteiger partial charge in [0.05, 0.1) is 0 Å². The quantitative estimate of drug-likeness (QED) is 0.666. The summed E-state index contributed by atoms with van der Waals surface area (Å²) in [5.41, 5.74) is 2.31. The van der Waals surface area contributed by atoms with E-state index in [0.29, 0.717) is 24.8 Å². The normalized spacial score (nSPS) is 12.3. The maximum Gasteiger partial charge on any atom is 0.220 e. The number of hydrogen-bond acceptors (Lipinski definition) is 2. The Kier molecular flexibility index (Phi) is 8.36. The van der Waals surface area contributed by atoms with Crippen molar-refractivity contribution in [1.29, 1.82) is 0 Å². The van der Waals surface area contributed by atoms with Crippen molar-refractivity contribution in [2.45, 2.75) is 39.0 Å². The highest BCUT2D eigenvalue weighted by molar-refractivity contribution is 5.77. The van der Waals surface area contributed by atoms with E-state index < -0.39 is 0 Å². The van der Waals surface area contributed by atoms with Gasteiger partial charge in [0.15, 0.2) is 0 Å². The first-order valence-corrected chi connectivity index (χ1v) is 9.57. The minimum atomic E-state index is 0.0544. The van der Waals surface area contributed by atoms with Crippen LogP contribution in [0.3, 0.4) is 0 Å². The van der Waals surface area contributed by atoms with Gasteiger partial charge < -0.3 is 10.4 Å². The van der Waals surface area contributed by atoms with E-state index in [1.165, 1.54) is 0 Å². The van der Waals surface area contributed by atoms with E-state index in [0.717, 1.165) is 24.0 Å². The van der Waals surface area contributed by atoms with E-state index >= 15 is 0 Å². The Labute approximate surface area is 157 Å². The molecule has 26 heavy (non-hydrogen) atoms. The lowest BCUT2D eigenvalue weighted by molar-refractivity contribution is -0.121. The predicted molar refractivity (Wildman–Crippen MR) is 107 cm³/mol. The maximum absolute atomic E-state index is 12.6. The fourth-order valence-electron chi connectivity index (χ4n) is 3.47. The van der Waals surface area contributed by atoms with E-state index in [1.54, 1.807) is 0 Å². The molecule has 2 rings (SSSR count). The van der Waals surface area contributed by atoms with E-state index in [2.05, 4.69) is 43.4 Å². The zero-order valence-electron chi connectivity index (χ0n) is 15.9. The molecule has 2 N–H and O–H groups in total. The molecule has 2 aromatic rings. The summed E-state index contributed by atoms with van der Waals surface area (Å²) in [6.07, 6.45) is 2.18. The van der Waals surface area contributed by atoms with Crippen LogP contribution in [0.25, 0.3) is 0 Å². The molecule has 1 atom stereocenters. The lowest BCUT2D eigenvalue weighted by Crippen LogP contribution is -2.31. The van der Waals surface area contributed by atoms with Crippen molar-refractivity contribution in [3.63, 3.8) is 0 Å². The first kappa shape index (κ1) is 20.2. The van der Waals surface area contributed by atoms with Gasteiger partial charge in [-0.3, -0.25) is 4.79 Å². The molecule has 0 spiro atoms. The molecular weight excluding hydrogens is 322 g/mol. The van der Waals surface area contributed by atoms with Crippen LogP contribution in [0.5, 0.6) is 0 Å². The van der Waals surface area contributed by atoms with E-state index in [9.17, 15) is 9.90 Å². The molecule has 140 valence electrons. The average molecular weight is 354 g/mol. The summed E-state index contributed by atoms with van der Waals surface area (Å²) < 4.78 is 0. The number of aliphatic hydroxyl groups excluding tert-OH is 1. The van der Waals surface area contributed by atoms with Crippen LogP contribution < -0.4 is 5.32 Å². The van der Waals surface area contributed by atoms with Gasteiger partial charge in [-0.2, -0.15) is 0 Å². The third-order valence-corrected chi connectivity index (χ3v) is 4.72. The number of hydrogen-bond donors (Lipinski definition) is 2. The number of benzene rings is 2. The van der Waals surface area contributed by atoms with Crippen LogP contribution in [0, 0.1) is 11.8 Å². The van der Waals surface area contributed by atoms with Crippen LogP contribution in [0.1, 0.15) is 50.2 Å². The molecule has 1 amide bonds. The largest absolute Gasteiger partial charge is 0.396 e. The van der Waals surface area contributed by atoms with Gasteiger partial charge in [-0.05, 0) is 35.8 Å². The average Bonchev–Trinajstić information content (AvgIpc) is 2.65. The van der Waals surface area contributed by atoms with Gasteiger partial charge in [0.1, 0.15) is 0 Å². The monoisotopic (exact) mass is 353 g/mol. The van der Waals surface area contributed by atoms with Crippen LogP contribution in [-0.4, -0.2) is 24.2 Å². The summed E-state index contributed by atoms with van der Waals surface area (Å²) in [6, 6.07) is 20.4. The van der Waals surface area contributed by atoms with Gasteiger partial charge in [-0.25, -0.2) is 0 Å². The maximum atomic E-state index is 12.6. The van der Waals surface area contributed by atoms with Crippen LogP contribution in [0.4, 0.5) is 0 Å². The highest BCUT2D eigenvalue weighted by Gasteiger charge is 2.19. The van der Waals surface area contributed by atoms with Crippen LogP contribution in [-0.2, 0) is 4.79 Å². The van der Waals surface area contributed by atoms with Gasteiger partial charge in [0.2, 0.25) is 5.91 Å². The van der Waals surface area contributed by atoms with Gasteiger partial charge in [-0.15, -0.1) is 0 Å². The summed E-state index contributed by atoms with van der Waals surface area (Å²) >= 11 is 0. The van der Waals surface area contributed by atoms with Crippen molar-refractivity contribution in [2.24, 2.45) is 11.8 Å². The Hall–Kier alpha value is -2.13. The van der Waals surface area contributed by atoms with Crippen molar-refractivity contribution in [2.75, 3.05) is 13.2 Å². The fourth-order valence-corrected chi connectivity index (χ4v) is 3.47. The SMILES string of the molecule is CC(C)C[C@@H](CCO)CNC(=O)CC(c1ccccc1)c1ccccc1. The highest BCUT2D eigenvalue weighted by atomic mass is 16.3. The standard InChI is InChI=1S/C23H31NO2/c1-18(2)15-19(13-14-25)17-24-23(26)16-22(20-9-5-3-6-10-20)21-11-7-4-8-12-21/h3-12,18-19,22,25H,13-17H2,1-2H3,(H,24,26)/t19-/m1/s1. The summed E-state index contributed by atoms with van der Waals surface area (Å²) in [6.45, 7) is 5.15. The lowest BCUT2D eigenvalue weighted by atomic mass is 9.88. The Balaban J connectivity index is 2.02. The molecule has 0 aliphatic rings. The molecule has 3 nitrogen and oxygen atoms in total. The van der Waals surface area contributed by atoms with Crippen molar-refractivity contribution >= 4 is 5.91 Å². The molecule has 0 heterocycles. The molecular formula is C23H31NO2. The second-order valence-corrected chi connectivity index (χ2v) is 7.39. The minimum absolute atomic E-state index is 0.0544. The number of rotatable bonds is 10. The van der Waals surface area contributed by atoms with Gasteiger partial charge in [-0.1, -0.05) is 74.5 Å². The molecule has 2 aromatic carbocycles. The Morgan fingerprint density at radius 2 is 1.50 bits per heavy atom. The summed E-state index contributed by atoms with van der Waals surface area (Å²) in [5.74, 6) is 1.01. The molecule has 0 aliphatic heterocycles. The summed E-state index contributed by atoms with van der Waals surface area (Å²) in [5, 5.41) is 12.3. The predicted octanol–water partition coefficient (Wildman–Crippen LogP) is 4.37. The molecule has 0 aliphatic carbocycles. The summed E-state index contributed by atoms with van der Waals surface area (Å²) in [7, 11) is 0. The third-order valence-electron chi connectivity index (χ3n) is 4.72. The van der Waals surface area contributed by atoms with Crippen LogP contribution in [0.15, 0.2) is 60.7 Å². The van der Waals surface area contributed by atoms with E-state index in [-0.39, 0.29) is 18.4 Å². The summed E-state index contributed by atoms with van der Waals surface area (Å²) in [4.78, 5) is 12.6. The number of amides is 1. The molecule has 0 bridgehead atoms. The minimum Gasteiger partial charge on any atom is -0.396 e. The van der Waals surface area contributed by atoms with Crippen molar-refractivity contribution in [3.8, 4) is 0 Å². The second kappa shape index (κ2) is 10.8. The highest BCUT2D eigenvalue weighted by Crippen LogP contribution is 2.27. The van der Waals surface area contributed by atoms with Gasteiger partial charge in [0, 0.05) is 25.5 Å². The molecule has 0 radical (unpaired) electrons. The smallest absolute Gasteiger partial charge is 0.220 e. The Morgan fingerprint density at radius 3 is 1.96 bits per heavy atom. The Bertz CT molecular complexity index is 600. The van der Waals surface area contributed by atoms with Gasteiger partial charge >= 0.3 is 0 Å². The van der Waals surface area contributed by atoms with E-state index in [4.69, 9.17) is 0 Å². The van der Waals surface area contributed by atoms with Crippen molar-refractivity contribution in [3.05, 3.63) is 71.8 Å². The number of carbonyl (C=O) groups is 1. The molecule has 0 saturated carbocycles. The molecule has 3 heteroatoms. The molecule has 0 fully saturated rings. The number of aliphatic hydroxyl groups is 1. The van der Waals surface area contributed by atoms with Crippen molar-refractivity contribution in [1.82, 2.24) is 5.32 Å². The first-order valence-electron chi connectivity index (χ1n) is 9.57. The lowest BCUT2D eigenvalue weighted by Gasteiger charge is -2.21. The fraction of sp³-hybridized carbons (Fsp3) is 0.435. The zero-order chi connectivity index (χ0) is 18.8. The van der Waals surface area contributed by atoms with Crippen LogP contribution >= 0.6 is 0 Å². The topological polar surface area (TPSA) is 49.3 Å². The molecule has 0 aromatic heterocycles.